The van der Waals surface area contributed by atoms with Crippen molar-refractivity contribution in [2.24, 2.45) is 0 Å². The Bertz CT molecular complexity index is 462. The smallest absolute Gasteiger partial charge is 0.270 e. The van der Waals surface area contributed by atoms with Crippen molar-refractivity contribution in [2.75, 3.05) is 20.1 Å². The first-order valence-electron chi connectivity index (χ1n) is 7.36. The molecule has 1 amide bonds. The largest absolute Gasteiger partial charge is 0.340 e. The summed E-state index contributed by atoms with van der Waals surface area (Å²) in [6.45, 7) is 6.25. The maximum atomic E-state index is 12.8. The molecule has 1 saturated heterocycles. The van der Waals surface area contributed by atoms with Crippen LogP contribution in [0, 0.1) is 0 Å². The molecule has 0 bridgehead atoms. The normalized spacial score (nSPS) is 19.9. The van der Waals surface area contributed by atoms with E-state index < -0.39 is 0 Å². The summed E-state index contributed by atoms with van der Waals surface area (Å²) in [5.74, 6) is 0.122. The molecule has 0 saturated carbocycles. The molecule has 0 radical (unpaired) electrons. The van der Waals surface area contributed by atoms with Crippen LogP contribution >= 0.6 is 15.9 Å². The number of nitrogens with zero attached hydrogens (tertiary/aromatic N) is 2. The first-order valence-corrected chi connectivity index (χ1v) is 8.15. The molecule has 1 aromatic heterocycles. The second-order valence-electron chi connectivity index (χ2n) is 5.80. The molecule has 1 aliphatic heterocycles. The van der Waals surface area contributed by atoms with Crippen molar-refractivity contribution in [1.82, 2.24) is 14.8 Å². The summed E-state index contributed by atoms with van der Waals surface area (Å²) in [5, 5.41) is 3.39. The Morgan fingerprint density at radius 3 is 2.90 bits per heavy atom. The van der Waals surface area contributed by atoms with E-state index in [1.165, 1.54) is 0 Å². The highest BCUT2D eigenvalue weighted by molar-refractivity contribution is 9.10. The van der Waals surface area contributed by atoms with Crippen LogP contribution in [0.25, 0.3) is 0 Å². The lowest BCUT2D eigenvalue weighted by molar-refractivity contribution is 0.0708. The first-order chi connectivity index (χ1) is 9.50. The standard InChI is InChI=1S/C15H24BrN3O/c1-11(2)19-10-12(16)9-14(19)15(20)18(3)13-5-4-7-17-8-6-13/h9-11,13,17H,4-8H2,1-3H3. The van der Waals surface area contributed by atoms with E-state index in [0.29, 0.717) is 6.04 Å². The van der Waals surface area contributed by atoms with Gasteiger partial charge in [-0.05, 0) is 68.2 Å². The number of nitrogens with one attached hydrogen (secondary N) is 1. The van der Waals surface area contributed by atoms with Gasteiger partial charge in [0.2, 0.25) is 0 Å². The Labute approximate surface area is 129 Å². The number of carbonyl (C=O) groups excluding carboxylic acids is 1. The summed E-state index contributed by atoms with van der Waals surface area (Å²) in [7, 11) is 1.93. The van der Waals surface area contributed by atoms with Crippen molar-refractivity contribution in [1.29, 1.82) is 0 Å². The fourth-order valence-electron chi connectivity index (χ4n) is 2.78. The molecule has 20 heavy (non-hydrogen) atoms. The fraction of sp³-hybridized carbons (Fsp3) is 0.667. The number of hydrogen-bond acceptors (Lipinski definition) is 2. The third-order valence-electron chi connectivity index (χ3n) is 4.00. The van der Waals surface area contributed by atoms with Gasteiger partial charge in [-0.15, -0.1) is 0 Å². The van der Waals surface area contributed by atoms with Crippen LogP contribution in [0.5, 0.6) is 0 Å². The number of hydrogen-bond donors (Lipinski definition) is 1. The summed E-state index contributed by atoms with van der Waals surface area (Å²) in [6.07, 6.45) is 5.24. The predicted molar refractivity (Wildman–Crippen MR) is 85.1 cm³/mol. The van der Waals surface area contributed by atoms with E-state index in [1.807, 2.05) is 28.8 Å². The molecular formula is C15H24BrN3O. The molecule has 0 spiro atoms. The minimum Gasteiger partial charge on any atom is -0.340 e. The van der Waals surface area contributed by atoms with E-state index in [4.69, 9.17) is 0 Å². The molecule has 1 aromatic rings. The minimum atomic E-state index is 0.122. The third-order valence-corrected chi connectivity index (χ3v) is 4.44. The molecule has 0 aromatic carbocycles. The zero-order valence-electron chi connectivity index (χ0n) is 12.5. The highest BCUT2D eigenvalue weighted by Gasteiger charge is 2.25. The quantitative estimate of drug-likeness (QED) is 0.917. The van der Waals surface area contributed by atoms with Crippen LogP contribution in [0.4, 0.5) is 0 Å². The summed E-state index contributed by atoms with van der Waals surface area (Å²) in [4.78, 5) is 14.7. The highest BCUT2D eigenvalue weighted by atomic mass is 79.9. The maximum absolute atomic E-state index is 12.8. The number of carbonyl (C=O) groups is 1. The zero-order valence-corrected chi connectivity index (χ0v) is 14.1. The van der Waals surface area contributed by atoms with Crippen LogP contribution in [-0.2, 0) is 0 Å². The molecule has 4 nitrogen and oxygen atoms in total. The first kappa shape index (κ1) is 15.6. The molecule has 1 unspecified atom stereocenters. The van der Waals surface area contributed by atoms with Gasteiger partial charge in [-0.1, -0.05) is 0 Å². The Kier molecular flexibility index (Phi) is 5.27. The molecule has 2 heterocycles. The molecular weight excluding hydrogens is 318 g/mol. The van der Waals surface area contributed by atoms with Crippen molar-refractivity contribution in [3.8, 4) is 0 Å². The lowest BCUT2D eigenvalue weighted by Crippen LogP contribution is -2.38. The van der Waals surface area contributed by atoms with Gasteiger partial charge in [0.05, 0.1) is 0 Å². The lowest BCUT2D eigenvalue weighted by atomic mass is 10.1. The van der Waals surface area contributed by atoms with Gasteiger partial charge in [0.25, 0.3) is 5.91 Å². The average Bonchev–Trinajstić information content (AvgIpc) is 2.64. The summed E-state index contributed by atoms with van der Waals surface area (Å²) < 4.78 is 3.00. The van der Waals surface area contributed by atoms with Crippen molar-refractivity contribution < 1.29 is 4.79 Å². The van der Waals surface area contributed by atoms with Crippen molar-refractivity contribution in [3.63, 3.8) is 0 Å². The van der Waals surface area contributed by atoms with Crippen LogP contribution in [-0.4, -0.2) is 41.6 Å². The Morgan fingerprint density at radius 2 is 2.20 bits per heavy atom. The van der Waals surface area contributed by atoms with E-state index in [0.717, 1.165) is 42.5 Å². The second-order valence-corrected chi connectivity index (χ2v) is 6.71. The molecule has 2 rings (SSSR count). The Balaban J connectivity index is 2.17. The molecule has 1 fully saturated rings. The van der Waals surface area contributed by atoms with Gasteiger partial charge < -0.3 is 14.8 Å². The van der Waals surface area contributed by atoms with E-state index in [1.54, 1.807) is 0 Å². The Hall–Kier alpha value is -0.810. The summed E-state index contributed by atoms with van der Waals surface area (Å²) in [5.41, 5.74) is 0.770. The molecule has 112 valence electrons. The topological polar surface area (TPSA) is 37.3 Å². The van der Waals surface area contributed by atoms with Crippen LogP contribution in [0.3, 0.4) is 0 Å². The number of halogens is 1. The molecule has 5 heteroatoms. The van der Waals surface area contributed by atoms with Gasteiger partial charge in [-0.3, -0.25) is 4.79 Å². The van der Waals surface area contributed by atoms with E-state index >= 15 is 0 Å². The summed E-state index contributed by atoms with van der Waals surface area (Å²) >= 11 is 3.48. The maximum Gasteiger partial charge on any atom is 0.270 e. The zero-order chi connectivity index (χ0) is 14.7. The Morgan fingerprint density at radius 1 is 1.45 bits per heavy atom. The average molecular weight is 342 g/mol. The molecule has 1 aliphatic rings. The second kappa shape index (κ2) is 6.76. The molecule has 1 N–H and O–H groups in total. The minimum absolute atomic E-state index is 0.122. The van der Waals surface area contributed by atoms with Crippen molar-refractivity contribution in [3.05, 3.63) is 22.4 Å². The van der Waals surface area contributed by atoms with Gasteiger partial charge in [0.15, 0.2) is 0 Å². The number of amides is 1. The third kappa shape index (κ3) is 3.44. The van der Waals surface area contributed by atoms with Crippen molar-refractivity contribution in [2.45, 2.75) is 45.2 Å². The summed E-state index contributed by atoms with van der Waals surface area (Å²) in [6, 6.07) is 2.55. The van der Waals surface area contributed by atoms with E-state index in [2.05, 4.69) is 35.1 Å². The van der Waals surface area contributed by atoms with Crippen LogP contribution < -0.4 is 5.32 Å². The van der Waals surface area contributed by atoms with Gasteiger partial charge in [0.1, 0.15) is 5.69 Å². The fourth-order valence-corrected chi connectivity index (χ4v) is 3.22. The van der Waals surface area contributed by atoms with E-state index in [9.17, 15) is 4.79 Å². The SMILES string of the molecule is CC(C)n1cc(Br)cc1C(=O)N(C)C1CCCNCC1. The van der Waals surface area contributed by atoms with Gasteiger partial charge in [-0.2, -0.15) is 0 Å². The van der Waals surface area contributed by atoms with Gasteiger partial charge in [-0.25, -0.2) is 0 Å². The molecule has 1 atom stereocenters. The van der Waals surface area contributed by atoms with Crippen LogP contribution in [0.15, 0.2) is 16.7 Å². The number of aromatic nitrogens is 1. The highest BCUT2D eigenvalue weighted by Crippen LogP contribution is 2.22. The molecule has 0 aliphatic carbocycles. The predicted octanol–water partition coefficient (Wildman–Crippen LogP) is 3.05. The van der Waals surface area contributed by atoms with Gasteiger partial charge in [0, 0.05) is 29.8 Å². The lowest BCUT2D eigenvalue weighted by Gasteiger charge is -2.28. The van der Waals surface area contributed by atoms with E-state index in [-0.39, 0.29) is 11.9 Å². The van der Waals surface area contributed by atoms with Crippen LogP contribution in [0.2, 0.25) is 0 Å². The monoisotopic (exact) mass is 341 g/mol. The van der Waals surface area contributed by atoms with Crippen molar-refractivity contribution >= 4 is 21.8 Å². The van der Waals surface area contributed by atoms with Gasteiger partial charge >= 0.3 is 0 Å². The number of rotatable bonds is 3. The van der Waals surface area contributed by atoms with Crippen LogP contribution in [0.1, 0.15) is 49.6 Å².